The van der Waals surface area contributed by atoms with Crippen molar-refractivity contribution in [3.63, 3.8) is 0 Å². The second-order valence-corrected chi connectivity index (χ2v) is 19.8. The van der Waals surface area contributed by atoms with Crippen LogP contribution in [0, 0.1) is 0 Å². The molecule has 0 amide bonds. The molecule has 1 aliphatic heterocycles. The topological polar surface area (TPSA) is 269 Å². The lowest BCUT2D eigenvalue weighted by Gasteiger charge is -2.43. The largest absolute Gasteiger partial charge is 0.472 e. The molecule has 17 nitrogen and oxygen atoms in total. The van der Waals surface area contributed by atoms with E-state index in [-0.39, 0.29) is 12.8 Å². The zero-order valence-corrected chi connectivity index (χ0v) is 42.0. The second kappa shape index (κ2) is 36.3. The molecule has 1 aliphatic carbocycles. The third kappa shape index (κ3) is 29.6. The standard InChI is InChI=1S/C49H82O17P2/c1-3-5-7-9-11-12-13-14-15-16-17-18-19-20-21-22-23-27-32-36-43(51)63-39(38-62-68(59,60)66-49-46(54)44(52)45(53)48(47(49)55)65-67(56,57)58)37-61-42(50)35-31-28-24-26-30-34-41-40(64-41)33-29-25-10-8-6-4-2/h5,7,11-12,14-15,17-18,20-21,25,29,39-41,44-49,52-55H,3-4,6,8-10,13,16,19,22-24,26-28,30-38H2,1-2H3,(H,59,60)(H2,56,57,58)/b7-5-,12-11-,15-14-,18-17-,21-20-,29-25-/t39-,40?,41?,44?,45?,46?,47?,48-,49+/m1/s1. The number of allylic oxidation sites excluding steroid dienone is 11. The quantitative estimate of drug-likeness (QED) is 0.00998. The fourth-order valence-electron chi connectivity index (χ4n) is 7.29. The summed E-state index contributed by atoms with van der Waals surface area (Å²) in [7, 11) is -10.7. The first-order valence-corrected chi connectivity index (χ1v) is 27.6. The van der Waals surface area contributed by atoms with E-state index in [2.05, 4.69) is 91.3 Å². The van der Waals surface area contributed by atoms with E-state index < -0.39 is 83.5 Å². The van der Waals surface area contributed by atoms with Gasteiger partial charge in [-0.3, -0.25) is 23.2 Å². The third-order valence-corrected chi connectivity index (χ3v) is 12.7. The molecule has 0 bridgehead atoms. The van der Waals surface area contributed by atoms with E-state index in [1.807, 2.05) is 0 Å². The zero-order chi connectivity index (χ0) is 50.0. The zero-order valence-electron chi connectivity index (χ0n) is 40.2. The van der Waals surface area contributed by atoms with Crippen molar-refractivity contribution in [3.8, 4) is 0 Å². The number of rotatable bonds is 39. The monoisotopic (exact) mass is 1000 g/mol. The Morgan fingerprint density at radius 2 is 1.07 bits per heavy atom. The van der Waals surface area contributed by atoms with Crippen LogP contribution in [0.3, 0.4) is 0 Å². The van der Waals surface area contributed by atoms with Crippen molar-refractivity contribution in [1.29, 1.82) is 0 Å². The van der Waals surface area contributed by atoms with Crippen molar-refractivity contribution in [2.24, 2.45) is 0 Å². The Kier molecular flexibility index (Phi) is 32.9. The second-order valence-electron chi connectivity index (χ2n) is 17.2. The van der Waals surface area contributed by atoms with Crippen molar-refractivity contribution >= 4 is 27.6 Å². The summed E-state index contributed by atoms with van der Waals surface area (Å²) in [6, 6.07) is 0. The van der Waals surface area contributed by atoms with Crippen molar-refractivity contribution in [2.45, 2.75) is 210 Å². The Morgan fingerprint density at radius 1 is 0.559 bits per heavy atom. The number of aliphatic hydroxyl groups is 4. The van der Waals surface area contributed by atoms with Gasteiger partial charge in [0.25, 0.3) is 0 Å². The molecule has 1 saturated carbocycles. The first-order chi connectivity index (χ1) is 32.6. The molecule has 19 heteroatoms. The minimum atomic E-state index is -5.38. The van der Waals surface area contributed by atoms with Crippen molar-refractivity contribution in [1.82, 2.24) is 0 Å². The number of carbonyl (C=O) groups excluding carboxylic acids is 2. The van der Waals surface area contributed by atoms with Gasteiger partial charge in [-0.1, -0.05) is 132 Å². The Morgan fingerprint density at radius 3 is 1.68 bits per heavy atom. The summed E-state index contributed by atoms with van der Waals surface area (Å²) in [5.41, 5.74) is 0. The summed E-state index contributed by atoms with van der Waals surface area (Å²) in [6.45, 7) is 2.92. The molecule has 68 heavy (non-hydrogen) atoms. The van der Waals surface area contributed by atoms with Crippen LogP contribution >= 0.6 is 15.6 Å². The van der Waals surface area contributed by atoms with Gasteiger partial charge in [-0.15, -0.1) is 0 Å². The van der Waals surface area contributed by atoms with Crippen LogP contribution in [0.1, 0.15) is 155 Å². The highest BCUT2D eigenvalue weighted by atomic mass is 31.2. The van der Waals surface area contributed by atoms with E-state index in [9.17, 15) is 53.8 Å². The Balaban J connectivity index is 1.80. The van der Waals surface area contributed by atoms with Gasteiger partial charge < -0.3 is 49.3 Å². The first-order valence-electron chi connectivity index (χ1n) is 24.6. The summed E-state index contributed by atoms with van der Waals surface area (Å²) in [5.74, 6) is -1.27. The fourth-order valence-corrected chi connectivity index (χ4v) is 8.83. The third-order valence-electron chi connectivity index (χ3n) is 11.2. The molecule has 10 atom stereocenters. The van der Waals surface area contributed by atoms with Crippen LogP contribution in [0.25, 0.3) is 0 Å². The molecule has 2 aliphatic rings. The maximum atomic E-state index is 13.0. The fraction of sp³-hybridized carbons (Fsp3) is 0.714. The number of carbonyl (C=O) groups is 2. The molecule has 1 heterocycles. The highest BCUT2D eigenvalue weighted by Crippen LogP contribution is 2.49. The van der Waals surface area contributed by atoms with Gasteiger partial charge in [0.15, 0.2) is 6.10 Å². The van der Waals surface area contributed by atoms with Gasteiger partial charge in [-0.2, -0.15) is 0 Å². The maximum Gasteiger partial charge on any atom is 0.472 e. The average Bonchev–Trinajstić information content (AvgIpc) is 4.05. The van der Waals surface area contributed by atoms with Crippen LogP contribution < -0.4 is 0 Å². The van der Waals surface area contributed by atoms with E-state index in [1.54, 1.807) is 0 Å². The van der Waals surface area contributed by atoms with Crippen molar-refractivity contribution < 1.29 is 81.6 Å². The highest BCUT2D eigenvalue weighted by molar-refractivity contribution is 7.47. The van der Waals surface area contributed by atoms with Gasteiger partial charge in [-0.25, -0.2) is 9.13 Å². The highest BCUT2D eigenvalue weighted by Gasteiger charge is 2.54. The lowest BCUT2D eigenvalue weighted by molar-refractivity contribution is -0.216. The number of hydrogen-bond acceptors (Lipinski definition) is 14. The van der Waals surface area contributed by atoms with Crippen LogP contribution in [0.2, 0.25) is 0 Å². The van der Waals surface area contributed by atoms with E-state index in [1.165, 1.54) is 19.3 Å². The van der Waals surface area contributed by atoms with Gasteiger partial charge in [0.05, 0.1) is 18.8 Å². The molecular weight excluding hydrogens is 922 g/mol. The molecule has 7 unspecified atom stereocenters. The Labute approximate surface area is 404 Å². The van der Waals surface area contributed by atoms with Crippen LogP contribution in [-0.2, 0) is 46.5 Å². The summed E-state index contributed by atoms with van der Waals surface area (Å²) in [4.78, 5) is 54.4. The predicted molar refractivity (Wildman–Crippen MR) is 259 cm³/mol. The number of hydrogen-bond donors (Lipinski definition) is 7. The minimum absolute atomic E-state index is 0.00523. The van der Waals surface area contributed by atoms with Crippen LogP contribution in [0.4, 0.5) is 0 Å². The number of ether oxygens (including phenoxy) is 3. The summed E-state index contributed by atoms with van der Waals surface area (Å²) < 4.78 is 55.2. The molecule has 390 valence electrons. The maximum absolute atomic E-state index is 13.0. The van der Waals surface area contributed by atoms with Crippen LogP contribution in [-0.4, -0.2) is 115 Å². The Hall–Kier alpha value is -2.60. The molecule has 0 radical (unpaired) electrons. The predicted octanol–water partition coefficient (Wildman–Crippen LogP) is 8.61. The van der Waals surface area contributed by atoms with Gasteiger partial charge >= 0.3 is 27.6 Å². The molecule has 7 N–H and O–H groups in total. The van der Waals surface area contributed by atoms with Gasteiger partial charge in [0.2, 0.25) is 0 Å². The van der Waals surface area contributed by atoms with Gasteiger partial charge in [0, 0.05) is 12.8 Å². The summed E-state index contributed by atoms with van der Waals surface area (Å²) >= 11 is 0. The van der Waals surface area contributed by atoms with E-state index in [0.29, 0.717) is 31.5 Å². The van der Waals surface area contributed by atoms with Crippen LogP contribution in [0.5, 0.6) is 0 Å². The minimum Gasteiger partial charge on any atom is -0.462 e. The van der Waals surface area contributed by atoms with Gasteiger partial charge in [-0.05, 0) is 83.5 Å². The van der Waals surface area contributed by atoms with Crippen molar-refractivity contribution in [3.05, 3.63) is 72.9 Å². The summed E-state index contributed by atoms with van der Waals surface area (Å²) in [6.07, 6.45) is 30.1. The molecule has 1 saturated heterocycles. The lowest BCUT2D eigenvalue weighted by Crippen LogP contribution is -2.64. The molecule has 0 aromatic heterocycles. The summed E-state index contributed by atoms with van der Waals surface area (Å²) in [5, 5.41) is 41.3. The lowest BCUT2D eigenvalue weighted by atomic mass is 9.85. The molecule has 2 fully saturated rings. The van der Waals surface area contributed by atoms with Crippen molar-refractivity contribution in [2.75, 3.05) is 13.2 Å². The van der Waals surface area contributed by atoms with Gasteiger partial charge in [0.1, 0.15) is 43.2 Å². The number of phosphoric ester groups is 2. The smallest absolute Gasteiger partial charge is 0.462 e. The molecule has 0 aromatic rings. The number of phosphoric acid groups is 2. The van der Waals surface area contributed by atoms with E-state index in [0.717, 1.165) is 89.9 Å². The molecule has 0 spiro atoms. The SMILES string of the molecule is CC/C=C\C/C=C\C/C=C\C/C=C\C/C=C\CCCCCC(=O)O[C@H](COC(=O)CCCCCCCC1OC1C/C=C\CCCCC)COP(=O)(O)O[C@H]1C(O)C(O)C(O)[C@@H](OP(=O)(O)O)C1O. The molecule has 2 rings (SSSR count). The van der Waals surface area contributed by atoms with Crippen LogP contribution in [0.15, 0.2) is 72.9 Å². The molecule has 0 aromatic carbocycles. The van der Waals surface area contributed by atoms with E-state index >= 15 is 0 Å². The number of aliphatic hydroxyl groups excluding tert-OH is 4. The first kappa shape index (κ1) is 61.5. The van der Waals surface area contributed by atoms with E-state index in [4.69, 9.17) is 23.3 Å². The number of esters is 2. The average molecular weight is 1010 g/mol. The number of unbranched alkanes of at least 4 members (excludes halogenated alkanes) is 10. The molecular formula is C49H82O17P2. The number of epoxide rings is 1. The normalized spacial score (nSPS) is 24.8. The Bertz CT molecular complexity index is 1660.